The van der Waals surface area contributed by atoms with Crippen LogP contribution in [0.5, 0.6) is 5.75 Å². The van der Waals surface area contributed by atoms with E-state index in [9.17, 15) is 4.79 Å². The van der Waals surface area contributed by atoms with Crippen LogP contribution in [0.3, 0.4) is 0 Å². The lowest BCUT2D eigenvalue weighted by Gasteiger charge is -2.33. The topological polar surface area (TPSA) is 41.6 Å². The van der Waals surface area contributed by atoms with Crippen molar-refractivity contribution in [1.82, 2.24) is 4.90 Å². The molecule has 1 amide bonds. The molecule has 1 atom stereocenters. The van der Waals surface area contributed by atoms with E-state index in [0.29, 0.717) is 5.92 Å². The van der Waals surface area contributed by atoms with Crippen LogP contribution in [0.1, 0.15) is 29.9 Å². The zero-order chi connectivity index (χ0) is 18.8. The number of ether oxygens (including phenoxy) is 1. The summed E-state index contributed by atoms with van der Waals surface area (Å²) in [4.78, 5) is 14.8. The lowest BCUT2D eigenvalue weighted by Crippen LogP contribution is -2.38. The molecule has 0 spiro atoms. The van der Waals surface area contributed by atoms with E-state index in [0.717, 1.165) is 47.5 Å². The molecule has 0 bridgehead atoms. The van der Waals surface area contributed by atoms with Gasteiger partial charge in [0, 0.05) is 16.7 Å². The smallest absolute Gasteiger partial charge is 0.233 e. The molecular formula is C22H25BrN2O2. The number of hydrogen-bond donors (Lipinski definition) is 1. The Hall–Kier alpha value is -1.85. The van der Waals surface area contributed by atoms with E-state index in [1.807, 2.05) is 24.3 Å². The molecular weight excluding hydrogens is 404 g/mol. The molecule has 1 fully saturated rings. The van der Waals surface area contributed by atoms with Crippen molar-refractivity contribution in [2.24, 2.45) is 5.92 Å². The van der Waals surface area contributed by atoms with Gasteiger partial charge in [0.1, 0.15) is 5.75 Å². The molecule has 2 aromatic carbocycles. The van der Waals surface area contributed by atoms with Gasteiger partial charge in [-0.15, -0.1) is 0 Å². The van der Waals surface area contributed by atoms with Crippen molar-refractivity contribution < 1.29 is 9.53 Å². The summed E-state index contributed by atoms with van der Waals surface area (Å²) in [5.74, 6) is 1.69. The Bertz CT molecular complexity index is 831. The number of hydrogen-bond acceptors (Lipinski definition) is 3. The Balaban J connectivity index is 1.34. The lowest BCUT2D eigenvalue weighted by molar-refractivity contribution is -0.117. The predicted octanol–water partition coefficient (Wildman–Crippen LogP) is 4.45. The van der Waals surface area contributed by atoms with Crippen molar-refractivity contribution in [3.63, 3.8) is 0 Å². The largest absolute Gasteiger partial charge is 0.497 e. The van der Waals surface area contributed by atoms with Crippen molar-refractivity contribution in [3.8, 4) is 5.75 Å². The number of halogens is 1. The molecule has 142 valence electrons. The number of para-hydroxylation sites is 1. The van der Waals surface area contributed by atoms with Gasteiger partial charge in [0.25, 0.3) is 0 Å². The maximum Gasteiger partial charge on any atom is 0.233 e. The summed E-state index contributed by atoms with van der Waals surface area (Å²) in [6.45, 7) is 2.93. The summed E-state index contributed by atoms with van der Waals surface area (Å²) in [6.07, 6.45) is 3.40. The minimum atomic E-state index is -0.0368. The lowest BCUT2D eigenvalue weighted by atomic mass is 9.89. The average Bonchev–Trinajstić information content (AvgIpc) is 3.00. The molecule has 1 saturated heterocycles. The minimum Gasteiger partial charge on any atom is -0.497 e. The highest BCUT2D eigenvalue weighted by atomic mass is 79.9. The Labute approximate surface area is 169 Å². The molecule has 4 rings (SSSR count). The fourth-order valence-corrected chi connectivity index (χ4v) is 4.64. The number of likely N-dealkylation sites (tertiary alicyclic amines) is 1. The van der Waals surface area contributed by atoms with Crippen molar-refractivity contribution in [1.29, 1.82) is 0 Å². The number of benzene rings is 2. The fourth-order valence-electron chi connectivity index (χ4n) is 4.23. The summed E-state index contributed by atoms with van der Waals surface area (Å²) in [6, 6.07) is 14.3. The molecule has 1 N–H and O–H groups in total. The molecule has 1 unspecified atom stereocenters. The van der Waals surface area contributed by atoms with E-state index in [2.05, 4.69) is 44.3 Å². The molecule has 0 aliphatic carbocycles. The van der Waals surface area contributed by atoms with Gasteiger partial charge in [0.05, 0.1) is 13.0 Å². The number of piperidine rings is 1. The van der Waals surface area contributed by atoms with Crippen LogP contribution in [-0.4, -0.2) is 37.6 Å². The minimum absolute atomic E-state index is 0.0368. The third kappa shape index (κ3) is 4.04. The van der Waals surface area contributed by atoms with Crippen molar-refractivity contribution in [2.45, 2.75) is 25.2 Å². The molecule has 0 radical (unpaired) electrons. The number of carbonyl (C=O) groups is 1. The second-order valence-electron chi connectivity index (χ2n) is 7.53. The van der Waals surface area contributed by atoms with E-state index in [4.69, 9.17) is 4.74 Å². The van der Waals surface area contributed by atoms with E-state index < -0.39 is 0 Å². The van der Waals surface area contributed by atoms with Crippen LogP contribution in [0, 0.1) is 5.92 Å². The van der Waals surface area contributed by atoms with Crippen molar-refractivity contribution >= 4 is 27.5 Å². The third-order valence-corrected chi connectivity index (χ3v) is 6.59. The number of methoxy groups -OCH3 is 1. The third-order valence-electron chi connectivity index (χ3n) is 5.82. The molecule has 2 heterocycles. The monoisotopic (exact) mass is 428 g/mol. The Kier molecular flexibility index (Phi) is 5.50. The first-order valence-corrected chi connectivity index (χ1v) is 10.4. The number of rotatable bonds is 5. The number of fused-ring (bicyclic) bond motifs is 1. The van der Waals surface area contributed by atoms with Gasteiger partial charge in [-0.2, -0.15) is 0 Å². The van der Waals surface area contributed by atoms with Crippen LogP contribution in [0.25, 0.3) is 0 Å². The molecule has 2 aliphatic rings. The molecule has 27 heavy (non-hydrogen) atoms. The highest BCUT2D eigenvalue weighted by Gasteiger charge is 2.32. The summed E-state index contributed by atoms with van der Waals surface area (Å²) in [5.41, 5.74) is 3.44. The van der Waals surface area contributed by atoms with Crippen molar-refractivity contribution in [2.75, 3.05) is 32.1 Å². The SMILES string of the molecule is COc1ccc(Br)c(CC2CCN(CC3C(=O)Nc4ccccc43)CC2)c1. The zero-order valence-electron chi connectivity index (χ0n) is 15.6. The van der Waals surface area contributed by atoms with Gasteiger partial charge < -0.3 is 15.0 Å². The van der Waals surface area contributed by atoms with Crippen LogP contribution in [0.15, 0.2) is 46.9 Å². The number of amides is 1. The first-order chi connectivity index (χ1) is 13.1. The Morgan fingerprint density at radius 2 is 1.96 bits per heavy atom. The summed E-state index contributed by atoms with van der Waals surface area (Å²) in [5, 5.41) is 3.01. The standard InChI is InChI=1S/C22H25BrN2O2/c1-27-17-6-7-20(23)16(13-17)12-15-8-10-25(11-9-15)14-19-18-4-2-3-5-21(18)24-22(19)26/h2-7,13,15,19H,8-12,14H2,1H3,(H,24,26). The summed E-state index contributed by atoms with van der Waals surface area (Å²) < 4.78 is 6.52. The van der Waals surface area contributed by atoms with E-state index in [-0.39, 0.29) is 11.8 Å². The molecule has 2 aliphatic heterocycles. The second-order valence-corrected chi connectivity index (χ2v) is 8.39. The molecule has 5 heteroatoms. The van der Waals surface area contributed by atoms with E-state index in [1.54, 1.807) is 7.11 Å². The van der Waals surface area contributed by atoms with Crippen LogP contribution in [0.2, 0.25) is 0 Å². The van der Waals surface area contributed by atoms with Gasteiger partial charge in [-0.1, -0.05) is 34.1 Å². The van der Waals surface area contributed by atoms with Gasteiger partial charge in [-0.25, -0.2) is 0 Å². The molecule has 0 saturated carbocycles. The Morgan fingerprint density at radius 3 is 2.74 bits per heavy atom. The number of nitrogens with zero attached hydrogens (tertiary/aromatic N) is 1. The van der Waals surface area contributed by atoms with Gasteiger partial charge in [0.15, 0.2) is 0 Å². The van der Waals surface area contributed by atoms with Gasteiger partial charge in [-0.05, 0) is 73.7 Å². The van der Waals surface area contributed by atoms with Gasteiger partial charge in [-0.3, -0.25) is 4.79 Å². The first kappa shape index (κ1) is 18.5. The van der Waals surface area contributed by atoms with Crippen LogP contribution in [0.4, 0.5) is 5.69 Å². The molecule has 4 nitrogen and oxygen atoms in total. The normalized spacial score (nSPS) is 20.4. The first-order valence-electron chi connectivity index (χ1n) is 9.58. The van der Waals surface area contributed by atoms with Gasteiger partial charge >= 0.3 is 0 Å². The van der Waals surface area contributed by atoms with Gasteiger partial charge in [0.2, 0.25) is 5.91 Å². The predicted molar refractivity (Wildman–Crippen MR) is 111 cm³/mol. The van der Waals surface area contributed by atoms with Crippen LogP contribution < -0.4 is 10.1 Å². The Morgan fingerprint density at radius 1 is 1.19 bits per heavy atom. The van der Waals surface area contributed by atoms with E-state index >= 15 is 0 Å². The second kappa shape index (κ2) is 8.03. The molecule has 0 aromatic heterocycles. The average molecular weight is 429 g/mol. The number of carbonyl (C=O) groups excluding carboxylic acids is 1. The quantitative estimate of drug-likeness (QED) is 0.764. The highest BCUT2D eigenvalue weighted by Crippen LogP contribution is 2.34. The zero-order valence-corrected chi connectivity index (χ0v) is 17.2. The van der Waals surface area contributed by atoms with Crippen LogP contribution >= 0.6 is 15.9 Å². The highest BCUT2D eigenvalue weighted by molar-refractivity contribution is 9.10. The maximum atomic E-state index is 12.4. The molecule has 2 aromatic rings. The number of nitrogens with one attached hydrogen (secondary N) is 1. The number of anilines is 1. The fraction of sp³-hybridized carbons (Fsp3) is 0.409. The van der Waals surface area contributed by atoms with Crippen molar-refractivity contribution in [3.05, 3.63) is 58.1 Å². The van der Waals surface area contributed by atoms with E-state index in [1.165, 1.54) is 18.4 Å². The van der Waals surface area contributed by atoms with Crippen LogP contribution in [-0.2, 0) is 11.2 Å². The maximum absolute atomic E-state index is 12.4. The summed E-state index contributed by atoms with van der Waals surface area (Å²) >= 11 is 3.67. The summed E-state index contributed by atoms with van der Waals surface area (Å²) in [7, 11) is 1.71.